The van der Waals surface area contributed by atoms with E-state index in [2.05, 4.69) is 182 Å². The molecule has 0 fully saturated rings. The summed E-state index contributed by atoms with van der Waals surface area (Å²) in [5.41, 5.74) is 35.0. The fraction of sp³-hybridized carbons (Fsp3) is 0.308. The molecule has 9 aromatic carbocycles. The Morgan fingerprint density at radius 3 is 0.628 bits per heavy atom. The Morgan fingerprint density at radius 1 is 0.141 bits per heavy atom. The van der Waals surface area contributed by atoms with Gasteiger partial charge in [-0.05, 0) is 294 Å². The summed E-state index contributed by atoms with van der Waals surface area (Å²) >= 11 is 0. The van der Waals surface area contributed by atoms with Crippen LogP contribution in [0, 0.1) is 0 Å². The van der Waals surface area contributed by atoms with E-state index in [0.29, 0.717) is 0 Å². The highest BCUT2D eigenvalue weighted by Gasteiger charge is 2.18. The lowest BCUT2D eigenvalue weighted by Gasteiger charge is -2.19. The van der Waals surface area contributed by atoms with Crippen molar-refractivity contribution in [1.29, 1.82) is 0 Å². The zero-order valence-electron chi connectivity index (χ0n) is 46.3. The number of aryl methyl sites for hydroxylation is 12. The molecule has 0 atom stereocenters. The second kappa shape index (κ2) is 23.5. The maximum Gasteiger partial charge on any atom is -0.0105 e. The van der Waals surface area contributed by atoms with Gasteiger partial charge in [-0.15, -0.1) is 0 Å². The average Bonchev–Trinajstić information content (AvgIpc) is 3.54. The summed E-state index contributed by atoms with van der Waals surface area (Å²) in [5, 5.41) is 0. The van der Waals surface area contributed by atoms with Crippen LogP contribution in [0.25, 0.3) is 66.8 Å². The minimum Gasteiger partial charge on any atom is -0.0616 e. The first-order chi connectivity index (χ1) is 38.6. The Hall–Kier alpha value is -7.02. The molecule has 0 saturated heterocycles. The normalized spacial score (nSPS) is 16.0. The molecule has 0 spiro atoms. The number of hydrogen-bond donors (Lipinski definition) is 0. The summed E-state index contributed by atoms with van der Waals surface area (Å²) in [6.45, 7) is 0. The largest absolute Gasteiger partial charge is 0.0616 e. The van der Waals surface area contributed by atoms with Crippen molar-refractivity contribution in [2.75, 3.05) is 0 Å². The third-order valence-corrected chi connectivity index (χ3v) is 18.7. The Morgan fingerprint density at radius 2 is 0.346 bits per heavy atom. The van der Waals surface area contributed by atoms with Gasteiger partial charge in [-0.1, -0.05) is 176 Å². The predicted molar refractivity (Wildman–Crippen MR) is 332 cm³/mol. The molecule has 0 heteroatoms. The summed E-state index contributed by atoms with van der Waals surface area (Å²) in [6.07, 6.45) is 31.1. The van der Waals surface area contributed by atoms with Crippen LogP contribution in [0.4, 0.5) is 0 Å². The van der Waals surface area contributed by atoms with E-state index in [9.17, 15) is 0 Å². The van der Waals surface area contributed by atoms with Crippen LogP contribution in [0.1, 0.15) is 144 Å². The van der Waals surface area contributed by atoms with Gasteiger partial charge in [-0.3, -0.25) is 0 Å². The summed E-state index contributed by atoms with van der Waals surface area (Å²) in [4.78, 5) is 0. The molecule has 15 rings (SSSR count). The van der Waals surface area contributed by atoms with Gasteiger partial charge in [-0.25, -0.2) is 0 Å². The highest BCUT2D eigenvalue weighted by atomic mass is 14.2. The van der Waals surface area contributed by atoms with Gasteiger partial charge >= 0.3 is 0 Å². The third kappa shape index (κ3) is 11.3. The van der Waals surface area contributed by atoms with Crippen molar-refractivity contribution in [2.45, 2.75) is 154 Å². The molecule has 0 saturated carbocycles. The van der Waals surface area contributed by atoms with Crippen LogP contribution in [0.5, 0.6) is 0 Å². The third-order valence-electron chi connectivity index (χ3n) is 18.7. The van der Waals surface area contributed by atoms with Gasteiger partial charge in [0.1, 0.15) is 0 Å². The molecule has 0 aromatic heterocycles. The van der Waals surface area contributed by atoms with Gasteiger partial charge in [0.25, 0.3) is 0 Å². The Balaban J connectivity index is 0.000000111. The van der Waals surface area contributed by atoms with Gasteiger partial charge in [0, 0.05) is 0 Å². The standard InChI is InChI=1S/3C26H26/c1-3-9-21-17-23(15-13-19(21)7-1)25-11-5-6-12-26(25)24-16-14-20-8-2-4-10-22(20)18-24;1-3-8-21-16-25(14-12-19(21)6-1)23-10-5-11-24(18-23)26-15-13-20-7-2-4-9-22(20)17-26;1-3-7-23-17-25(15-13-19(23)5-1)21-9-11-22(12-10-21)26-16-14-20-6-2-4-8-24(20)18-26/h5-6,11-18H,1-4,7-10H2;5,10-18H,1-4,6-9H2;9-18H,1-8H2. The van der Waals surface area contributed by atoms with Gasteiger partial charge in [0.05, 0.1) is 0 Å². The minimum absolute atomic E-state index is 1.24. The van der Waals surface area contributed by atoms with Crippen molar-refractivity contribution in [3.8, 4) is 66.8 Å². The van der Waals surface area contributed by atoms with Gasteiger partial charge in [0.15, 0.2) is 0 Å². The van der Waals surface area contributed by atoms with Crippen molar-refractivity contribution >= 4 is 0 Å². The highest BCUT2D eigenvalue weighted by Crippen LogP contribution is 2.38. The highest BCUT2D eigenvalue weighted by molar-refractivity contribution is 5.84. The van der Waals surface area contributed by atoms with E-state index >= 15 is 0 Å². The number of benzene rings is 9. The minimum atomic E-state index is 1.24. The van der Waals surface area contributed by atoms with Crippen molar-refractivity contribution in [2.24, 2.45) is 0 Å². The van der Waals surface area contributed by atoms with E-state index in [4.69, 9.17) is 0 Å². The number of hydrogen-bond acceptors (Lipinski definition) is 0. The maximum absolute atomic E-state index is 2.45. The molecule has 0 heterocycles. The molecule has 0 aliphatic heterocycles. The Labute approximate surface area is 467 Å². The monoisotopic (exact) mass is 1010 g/mol. The lowest BCUT2D eigenvalue weighted by atomic mass is 9.85. The van der Waals surface area contributed by atoms with Crippen LogP contribution in [-0.4, -0.2) is 0 Å². The van der Waals surface area contributed by atoms with Crippen molar-refractivity contribution in [3.63, 3.8) is 0 Å². The molecule has 390 valence electrons. The quantitative estimate of drug-likeness (QED) is 0.156. The van der Waals surface area contributed by atoms with E-state index in [0.717, 1.165) is 0 Å². The summed E-state index contributed by atoms with van der Waals surface area (Å²) in [5.74, 6) is 0. The maximum atomic E-state index is 2.45. The van der Waals surface area contributed by atoms with Crippen molar-refractivity contribution in [1.82, 2.24) is 0 Å². The molecule has 0 bridgehead atoms. The predicted octanol–water partition coefficient (Wildman–Crippen LogP) is 20.3. The second-order valence-electron chi connectivity index (χ2n) is 23.8. The molecule has 0 N–H and O–H groups in total. The first-order valence-electron chi connectivity index (χ1n) is 30.6. The summed E-state index contributed by atoms with van der Waals surface area (Å²) in [6, 6.07) is 69.9. The fourth-order valence-corrected chi connectivity index (χ4v) is 14.2. The SMILES string of the molecule is c1cc(-c2ccc3c(c2)CCCC3)cc(-c2ccc3c(c2)CCCC3)c1.c1cc(-c2ccc3c(c2)CCCC3)ccc1-c1ccc2c(c1)CCCC2.c1ccc(-c2ccc3c(c2)CCCC3)c(-c2ccc3c(c2)CCCC3)c1. The van der Waals surface area contributed by atoms with Crippen LogP contribution >= 0.6 is 0 Å². The first-order valence-corrected chi connectivity index (χ1v) is 30.6. The molecule has 0 unspecified atom stereocenters. The second-order valence-corrected chi connectivity index (χ2v) is 23.8. The molecule has 9 aromatic rings. The van der Waals surface area contributed by atoms with Gasteiger partial charge in [0.2, 0.25) is 0 Å². The lowest BCUT2D eigenvalue weighted by molar-refractivity contribution is 0.686. The van der Waals surface area contributed by atoms with E-state index in [-0.39, 0.29) is 0 Å². The van der Waals surface area contributed by atoms with Crippen molar-refractivity contribution < 1.29 is 0 Å². The molecule has 0 nitrogen and oxygen atoms in total. The Kier molecular flexibility index (Phi) is 15.2. The molecule has 6 aliphatic carbocycles. The van der Waals surface area contributed by atoms with Crippen LogP contribution in [-0.2, 0) is 77.0 Å². The van der Waals surface area contributed by atoms with Gasteiger partial charge < -0.3 is 0 Å². The number of fused-ring (bicyclic) bond motifs is 6. The zero-order valence-corrected chi connectivity index (χ0v) is 46.3. The average molecular weight is 1020 g/mol. The smallest absolute Gasteiger partial charge is 0.0105 e. The first kappa shape index (κ1) is 50.5. The van der Waals surface area contributed by atoms with Crippen LogP contribution in [0.15, 0.2) is 182 Å². The van der Waals surface area contributed by atoms with Crippen LogP contribution < -0.4 is 0 Å². The van der Waals surface area contributed by atoms with E-state index in [1.54, 1.807) is 66.8 Å². The summed E-state index contributed by atoms with van der Waals surface area (Å²) in [7, 11) is 0. The van der Waals surface area contributed by atoms with E-state index < -0.39 is 0 Å². The molecule has 6 aliphatic rings. The molecule has 0 radical (unpaired) electrons. The Bertz CT molecular complexity index is 3350. The fourth-order valence-electron chi connectivity index (χ4n) is 14.2. The lowest BCUT2D eigenvalue weighted by Crippen LogP contribution is -2.03. The van der Waals surface area contributed by atoms with Crippen LogP contribution in [0.3, 0.4) is 0 Å². The molecular weight excluding hydrogens is 937 g/mol. The summed E-state index contributed by atoms with van der Waals surface area (Å²) < 4.78 is 0. The molecule has 0 amide bonds. The van der Waals surface area contributed by atoms with Crippen LogP contribution in [0.2, 0.25) is 0 Å². The van der Waals surface area contributed by atoms with E-state index in [1.807, 2.05) is 0 Å². The topological polar surface area (TPSA) is 0 Å². The van der Waals surface area contributed by atoms with Crippen molar-refractivity contribution in [3.05, 3.63) is 249 Å². The van der Waals surface area contributed by atoms with Gasteiger partial charge in [-0.2, -0.15) is 0 Å². The number of rotatable bonds is 6. The molecular formula is C78H78. The zero-order chi connectivity index (χ0) is 52.0. The molecule has 78 heavy (non-hydrogen) atoms. The van der Waals surface area contributed by atoms with E-state index in [1.165, 1.54) is 221 Å².